The largest absolute Gasteiger partial charge is 0.460 e. The lowest BCUT2D eigenvalue weighted by molar-refractivity contribution is 0.0508. The second kappa shape index (κ2) is 6.55. The Morgan fingerprint density at radius 3 is 2.78 bits per heavy atom. The summed E-state index contributed by atoms with van der Waals surface area (Å²) in [6.45, 7) is 3.41. The molecule has 2 aromatic heterocycles. The van der Waals surface area contributed by atoms with E-state index in [0.29, 0.717) is 11.4 Å². The molecular formula is C15H16N4O4. The van der Waals surface area contributed by atoms with Gasteiger partial charge in [-0.15, -0.1) is 0 Å². The van der Waals surface area contributed by atoms with Crippen LogP contribution in [0.2, 0.25) is 0 Å². The van der Waals surface area contributed by atoms with Gasteiger partial charge < -0.3 is 14.2 Å². The fraction of sp³-hybridized carbons (Fsp3) is 0.400. The van der Waals surface area contributed by atoms with Crippen LogP contribution in [-0.4, -0.2) is 51.6 Å². The van der Waals surface area contributed by atoms with Crippen molar-refractivity contribution in [3.8, 4) is 11.6 Å². The number of carbonyl (C=O) groups is 2. The maximum absolute atomic E-state index is 12.4. The topological polar surface area (TPSA) is 98.4 Å². The average molecular weight is 316 g/mol. The Kier molecular flexibility index (Phi) is 4.31. The molecule has 0 N–H and O–H groups in total. The molecule has 1 fully saturated rings. The number of hydrogen-bond donors (Lipinski definition) is 0. The summed E-state index contributed by atoms with van der Waals surface area (Å²) < 4.78 is 9.83. The maximum Gasteiger partial charge on any atom is 0.379 e. The first-order chi connectivity index (χ1) is 11.2. The minimum absolute atomic E-state index is 0.0733. The molecule has 1 aliphatic rings. The van der Waals surface area contributed by atoms with Gasteiger partial charge in [0.1, 0.15) is 11.4 Å². The summed E-state index contributed by atoms with van der Waals surface area (Å²) in [5.41, 5.74) is 0.665. The monoisotopic (exact) mass is 316 g/mol. The highest BCUT2D eigenvalue weighted by molar-refractivity contribution is 5.93. The molecule has 1 amide bonds. The number of hydrogen-bond acceptors (Lipinski definition) is 7. The Balaban J connectivity index is 1.82. The summed E-state index contributed by atoms with van der Waals surface area (Å²) in [5, 5.41) is 3.57. The number of nitrogens with zero attached hydrogens (tertiary/aromatic N) is 4. The van der Waals surface area contributed by atoms with Gasteiger partial charge in [-0.3, -0.25) is 4.79 Å². The van der Waals surface area contributed by atoms with Crippen molar-refractivity contribution in [2.75, 3.05) is 19.7 Å². The fourth-order valence-electron chi connectivity index (χ4n) is 2.36. The molecular weight excluding hydrogens is 300 g/mol. The SMILES string of the molecule is CCOC(=O)c1noc(-c2cccc(C(=O)N3CCCC3)n2)n1. The van der Waals surface area contributed by atoms with Gasteiger partial charge in [0.25, 0.3) is 17.6 Å². The lowest BCUT2D eigenvalue weighted by atomic mass is 10.2. The van der Waals surface area contributed by atoms with Crippen LogP contribution >= 0.6 is 0 Å². The summed E-state index contributed by atoms with van der Waals surface area (Å²) in [7, 11) is 0. The van der Waals surface area contributed by atoms with Crippen molar-refractivity contribution in [3.05, 3.63) is 29.7 Å². The second-order valence-corrected chi connectivity index (χ2v) is 5.05. The molecule has 0 saturated carbocycles. The number of amides is 1. The molecule has 0 unspecified atom stereocenters. The zero-order valence-electron chi connectivity index (χ0n) is 12.7. The molecule has 3 rings (SSSR count). The zero-order valence-corrected chi connectivity index (χ0v) is 12.7. The van der Waals surface area contributed by atoms with Crippen LogP contribution in [0.4, 0.5) is 0 Å². The Labute approximate surface area is 132 Å². The number of aromatic nitrogens is 3. The third-order valence-corrected chi connectivity index (χ3v) is 3.46. The molecule has 0 aliphatic carbocycles. The van der Waals surface area contributed by atoms with Crippen molar-refractivity contribution in [2.24, 2.45) is 0 Å². The Morgan fingerprint density at radius 1 is 1.26 bits per heavy atom. The van der Waals surface area contributed by atoms with E-state index in [-0.39, 0.29) is 24.2 Å². The third kappa shape index (κ3) is 3.20. The van der Waals surface area contributed by atoms with Gasteiger partial charge in [0, 0.05) is 13.1 Å². The standard InChI is InChI=1S/C15H16N4O4/c1-2-22-15(21)12-17-13(23-18-12)10-6-5-7-11(16-10)14(20)19-8-3-4-9-19/h5-7H,2-4,8-9H2,1H3. The second-order valence-electron chi connectivity index (χ2n) is 5.05. The van der Waals surface area contributed by atoms with Gasteiger partial charge in [0.2, 0.25) is 0 Å². The van der Waals surface area contributed by atoms with Crippen molar-refractivity contribution in [2.45, 2.75) is 19.8 Å². The summed E-state index contributed by atoms with van der Waals surface area (Å²) in [4.78, 5) is 33.9. The van der Waals surface area contributed by atoms with Gasteiger partial charge in [-0.1, -0.05) is 6.07 Å². The van der Waals surface area contributed by atoms with Gasteiger partial charge in [-0.2, -0.15) is 4.98 Å². The Bertz CT molecular complexity index is 722. The molecule has 0 radical (unpaired) electrons. The van der Waals surface area contributed by atoms with Crippen LogP contribution < -0.4 is 0 Å². The molecule has 1 saturated heterocycles. The molecule has 0 aromatic carbocycles. The average Bonchev–Trinajstić information content (AvgIpc) is 3.26. The highest BCUT2D eigenvalue weighted by Crippen LogP contribution is 2.17. The van der Waals surface area contributed by atoms with E-state index in [1.165, 1.54) is 0 Å². The first-order valence-electron chi connectivity index (χ1n) is 7.46. The fourth-order valence-corrected chi connectivity index (χ4v) is 2.36. The number of esters is 1. The molecule has 23 heavy (non-hydrogen) atoms. The Morgan fingerprint density at radius 2 is 2.04 bits per heavy atom. The van der Waals surface area contributed by atoms with E-state index in [1.54, 1.807) is 30.0 Å². The van der Waals surface area contributed by atoms with Crippen molar-refractivity contribution < 1.29 is 18.8 Å². The van der Waals surface area contributed by atoms with Crippen LogP contribution in [0.25, 0.3) is 11.6 Å². The summed E-state index contributed by atoms with van der Waals surface area (Å²) in [6, 6.07) is 4.98. The molecule has 2 aromatic rings. The van der Waals surface area contributed by atoms with E-state index in [1.807, 2.05) is 0 Å². The highest BCUT2D eigenvalue weighted by Gasteiger charge is 2.22. The van der Waals surface area contributed by atoms with Gasteiger partial charge >= 0.3 is 5.97 Å². The molecule has 8 heteroatoms. The van der Waals surface area contributed by atoms with Crippen LogP contribution in [0, 0.1) is 0 Å². The predicted octanol–water partition coefficient (Wildman–Crippen LogP) is 1.54. The normalized spacial score (nSPS) is 14.0. The van der Waals surface area contributed by atoms with Gasteiger partial charge in [0.15, 0.2) is 0 Å². The third-order valence-electron chi connectivity index (χ3n) is 3.46. The summed E-state index contributed by atoms with van der Waals surface area (Å²) in [6.07, 6.45) is 2.02. The minimum Gasteiger partial charge on any atom is -0.460 e. The van der Waals surface area contributed by atoms with Crippen LogP contribution in [-0.2, 0) is 4.74 Å². The molecule has 120 valence electrons. The van der Waals surface area contributed by atoms with Crippen LogP contribution in [0.15, 0.2) is 22.7 Å². The van der Waals surface area contributed by atoms with Crippen LogP contribution in [0.1, 0.15) is 40.9 Å². The lowest BCUT2D eigenvalue weighted by Crippen LogP contribution is -2.28. The molecule has 0 bridgehead atoms. The quantitative estimate of drug-likeness (QED) is 0.789. The smallest absolute Gasteiger partial charge is 0.379 e. The van der Waals surface area contributed by atoms with E-state index in [2.05, 4.69) is 15.1 Å². The van der Waals surface area contributed by atoms with E-state index in [0.717, 1.165) is 25.9 Å². The lowest BCUT2D eigenvalue weighted by Gasteiger charge is -2.14. The van der Waals surface area contributed by atoms with E-state index in [4.69, 9.17) is 9.26 Å². The van der Waals surface area contributed by atoms with Gasteiger partial charge in [0.05, 0.1) is 6.61 Å². The van der Waals surface area contributed by atoms with E-state index >= 15 is 0 Å². The number of ether oxygens (including phenoxy) is 1. The van der Waals surface area contributed by atoms with Crippen LogP contribution in [0.3, 0.4) is 0 Å². The molecule has 0 spiro atoms. The first kappa shape index (κ1) is 15.1. The first-order valence-corrected chi connectivity index (χ1v) is 7.46. The summed E-state index contributed by atoms with van der Waals surface area (Å²) >= 11 is 0. The number of rotatable bonds is 4. The van der Waals surface area contributed by atoms with Crippen molar-refractivity contribution in [1.82, 2.24) is 20.0 Å². The van der Waals surface area contributed by atoms with Gasteiger partial charge in [-0.05, 0) is 37.1 Å². The zero-order chi connectivity index (χ0) is 16.2. The minimum atomic E-state index is -0.660. The summed E-state index contributed by atoms with van der Waals surface area (Å²) in [5.74, 6) is -0.870. The maximum atomic E-state index is 12.4. The predicted molar refractivity (Wildman–Crippen MR) is 78.6 cm³/mol. The van der Waals surface area contributed by atoms with Crippen LogP contribution in [0.5, 0.6) is 0 Å². The highest BCUT2D eigenvalue weighted by atomic mass is 16.5. The van der Waals surface area contributed by atoms with Crippen molar-refractivity contribution in [1.29, 1.82) is 0 Å². The van der Waals surface area contributed by atoms with Crippen molar-refractivity contribution in [3.63, 3.8) is 0 Å². The number of likely N-dealkylation sites (tertiary alicyclic amines) is 1. The molecule has 8 nitrogen and oxygen atoms in total. The molecule has 0 atom stereocenters. The Hall–Kier alpha value is -2.77. The van der Waals surface area contributed by atoms with Gasteiger partial charge in [-0.25, -0.2) is 9.78 Å². The van der Waals surface area contributed by atoms with E-state index < -0.39 is 5.97 Å². The molecule has 1 aliphatic heterocycles. The van der Waals surface area contributed by atoms with E-state index in [9.17, 15) is 9.59 Å². The number of carbonyl (C=O) groups excluding carboxylic acids is 2. The number of pyridine rings is 1. The molecule has 3 heterocycles. The van der Waals surface area contributed by atoms with Crippen molar-refractivity contribution >= 4 is 11.9 Å².